The summed E-state index contributed by atoms with van der Waals surface area (Å²) in [6, 6.07) is 13.3. The van der Waals surface area contributed by atoms with Crippen molar-refractivity contribution in [3.05, 3.63) is 83.3 Å². The molecule has 0 fully saturated rings. The van der Waals surface area contributed by atoms with Gasteiger partial charge in [0.15, 0.2) is 6.61 Å². The lowest BCUT2D eigenvalue weighted by Gasteiger charge is -2.23. The average molecular weight is 525 g/mol. The molecule has 0 saturated heterocycles. The monoisotopic (exact) mass is 524 g/mol. The number of alkyl halides is 2. The van der Waals surface area contributed by atoms with E-state index in [-0.39, 0.29) is 24.3 Å². The summed E-state index contributed by atoms with van der Waals surface area (Å²) in [5, 5.41) is 28.9. The highest BCUT2D eigenvalue weighted by atomic mass is 19.3. The lowest BCUT2D eigenvalue weighted by atomic mass is 9.98. The van der Waals surface area contributed by atoms with E-state index in [1.54, 1.807) is 55.1 Å². The van der Waals surface area contributed by atoms with Gasteiger partial charge in [0, 0.05) is 37.7 Å². The molecule has 0 spiro atoms. The van der Waals surface area contributed by atoms with Crippen molar-refractivity contribution in [2.75, 3.05) is 13.2 Å². The smallest absolute Gasteiger partial charge is 0.278 e. The zero-order valence-electron chi connectivity index (χ0n) is 21.4. The number of halogens is 2. The standard InChI is InChI=1S/C28H30F2N4O4/c1-18-12-19(8-9-25(18)38-17-28(3,29)30)14-34-15-21-22(33-34)10-11-31-23(21)13-27(2,37)16-32-26(36)20-6-4-5-7-24(20)35/h4-12,15,35,37H,13-14,16-17H2,1-3H3,(H,32,36). The lowest BCUT2D eigenvalue weighted by molar-refractivity contribution is -0.0231. The molecule has 1 unspecified atom stereocenters. The SMILES string of the molecule is Cc1cc(Cn2cc3c(CC(C)(O)CNC(=O)c4ccccc4O)nccc3n2)ccc1OCC(C)(F)F. The summed E-state index contributed by atoms with van der Waals surface area (Å²) >= 11 is 0. The molecule has 0 aliphatic carbocycles. The van der Waals surface area contributed by atoms with Crippen molar-refractivity contribution in [3.8, 4) is 11.5 Å². The molecule has 200 valence electrons. The van der Waals surface area contributed by atoms with Gasteiger partial charge < -0.3 is 20.3 Å². The van der Waals surface area contributed by atoms with E-state index in [2.05, 4.69) is 15.4 Å². The minimum absolute atomic E-state index is 0.0516. The number of fused-ring (bicyclic) bond motifs is 1. The van der Waals surface area contributed by atoms with Gasteiger partial charge in [-0.2, -0.15) is 5.10 Å². The third-order valence-electron chi connectivity index (χ3n) is 5.96. The molecule has 4 aromatic rings. The van der Waals surface area contributed by atoms with Crippen LogP contribution in [0.3, 0.4) is 0 Å². The van der Waals surface area contributed by atoms with Crippen LogP contribution in [0.2, 0.25) is 0 Å². The van der Waals surface area contributed by atoms with E-state index in [1.807, 2.05) is 12.3 Å². The predicted octanol–water partition coefficient (Wildman–Crippen LogP) is 4.25. The van der Waals surface area contributed by atoms with E-state index < -0.39 is 24.0 Å². The summed E-state index contributed by atoms with van der Waals surface area (Å²) in [6.07, 6.45) is 3.61. The fraction of sp³-hybridized carbons (Fsp3) is 0.321. The molecule has 1 atom stereocenters. The first kappa shape index (κ1) is 27.0. The Balaban J connectivity index is 1.44. The third-order valence-corrected chi connectivity index (χ3v) is 5.96. The van der Waals surface area contributed by atoms with Gasteiger partial charge in [-0.1, -0.05) is 24.3 Å². The third kappa shape index (κ3) is 6.83. The molecule has 4 rings (SSSR count). The summed E-state index contributed by atoms with van der Waals surface area (Å²) < 4.78 is 33.2. The van der Waals surface area contributed by atoms with Gasteiger partial charge in [-0.05, 0) is 49.2 Å². The number of benzene rings is 2. The van der Waals surface area contributed by atoms with Crippen LogP contribution in [0.5, 0.6) is 11.5 Å². The second kappa shape index (κ2) is 10.7. The lowest BCUT2D eigenvalue weighted by Crippen LogP contribution is -2.42. The summed E-state index contributed by atoms with van der Waals surface area (Å²) in [5.74, 6) is -3.13. The molecular formula is C28H30F2N4O4. The number of hydrogen-bond donors (Lipinski definition) is 3. The van der Waals surface area contributed by atoms with Crippen LogP contribution in [0, 0.1) is 6.92 Å². The minimum atomic E-state index is -2.91. The molecule has 2 aromatic carbocycles. The van der Waals surface area contributed by atoms with Crippen molar-refractivity contribution < 1.29 is 28.5 Å². The number of rotatable bonds is 10. The van der Waals surface area contributed by atoms with Gasteiger partial charge in [0.05, 0.1) is 28.9 Å². The van der Waals surface area contributed by atoms with Crippen LogP contribution in [0.15, 0.2) is 60.9 Å². The van der Waals surface area contributed by atoms with Crippen LogP contribution in [0.1, 0.15) is 41.0 Å². The fourth-order valence-corrected chi connectivity index (χ4v) is 4.09. The number of carbonyl (C=O) groups is 1. The van der Waals surface area contributed by atoms with Gasteiger partial charge in [-0.3, -0.25) is 14.5 Å². The van der Waals surface area contributed by atoms with Gasteiger partial charge in [0.2, 0.25) is 0 Å². The van der Waals surface area contributed by atoms with E-state index >= 15 is 0 Å². The topological polar surface area (TPSA) is 110 Å². The van der Waals surface area contributed by atoms with Crippen LogP contribution in [0.4, 0.5) is 8.78 Å². The number of phenolic OH excluding ortho intramolecular Hbond substituents is 1. The van der Waals surface area contributed by atoms with Crippen LogP contribution >= 0.6 is 0 Å². The van der Waals surface area contributed by atoms with Gasteiger partial charge in [0.25, 0.3) is 11.8 Å². The minimum Gasteiger partial charge on any atom is -0.507 e. The number of nitrogens with zero attached hydrogens (tertiary/aromatic N) is 3. The number of phenols is 1. The van der Waals surface area contributed by atoms with Gasteiger partial charge >= 0.3 is 0 Å². The molecule has 38 heavy (non-hydrogen) atoms. The van der Waals surface area contributed by atoms with Crippen molar-refractivity contribution in [1.29, 1.82) is 0 Å². The van der Waals surface area contributed by atoms with Crippen LogP contribution < -0.4 is 10.1 Å². The predicted molar refractivity (Wildman–Crippen MR) is 139 cm³/mol. The summed E-state index contributed by atoms with van der Waals surface area (Å²) in [6.45, 7) is 3.91. The maximum absolute atomic E-state index is 13.1. The highest BCUT2D eigenvalue weighted by molar-refractivity contribution is 5.96. The Bertz CT molecular complexity index is 1450. The zero-order valence-corrected chi connectivity index (χ0v) is 21.4. The molecule has 10 heteroatoms. The second-order valence-electron chi connectivity index (χ2n) is 9.85. The van der Waals surface area contributed by atoms with Crippen molar-refractivity contribution in [2.45, 2.75) is 45.3 Å². The molecule has 0 aliphatic rings. The van der Waals surface area contributed by atoms with Crippen molar-refractivity contribution in [3.63, 3.8) is 0 Å². The van der Waals surface area contributed by atoms with Gasteiger partial charge in [-0.25, -0.2) is 8.78 Å². The molecule has 2 heterocycles. The molecule has 2 aromatic heterocycles. The van der Waals surface area contributed by atoms with Gasteiger partial charge in [0.1, 0.15) is 11.5 Å². The fourth-order valence-electron chi connectivity index (χ4n) is 4.09. The van der Waals surface area contributed by atoms with Crippen LogP contribution in [-0.2, 0) is 13.0 Å². The molecule has 8 nitrogen and oxygen atoms in total. The number of pyridine rings is 1. The number of ether oxygens (including phenoxy) is 1. The normalized spacial score (nSPS) is 13.3. The summed E-state index contributed by atoms with van der Waals surface area (Å²) in [7, 11) is 0. The molecule has 0 saturated carbocycles. The Labute approximate surface area is 218 Å². The van der Waals surface area contributed by atoms with Gasteiger partial charge in [-0.15, -0.1) is 0 Å². The van der Waals surface area contributed by atoms with Crippen molar-refractivity contribution >= 4 is 16.8 Å². The Hall–Kier alpha value is -4.05. The summed E-state index contributed by atoms with van der Waals surface area (Å²) in [5.41, 5.74) is 1.79. The maximum atomic E-state index is 13.1. The molecule has 0 bridgehead atoms. The van der Waals surface area contributed by atoms with E-state index in [1.165, 1.54) is 12.1 Å². The maximum Gasteiger partial charge on any atom is 0.278 e. The van der Waals surface area contributed by atoms with Crippen molar-refractivity contribution in [2.24, 2.45) is 0 Å². The first-order valence-electron chi connectivity index (χ1n) is 12.1. The van der Waals surface area contributed by atoms with Crippen LogP contribution in [0.25, 0.3) is 10.9 Å². The highest BCUT2D eigenvalue weighted by Crippen LogP contribution is 2.24. The first-order valence-corrected chi connectivity index (χ1v) is 12.1. The molecule has 1 amide bonds. The van der Waals surface area contributed by atoms with Crippen molar-refractivity contribution in [1.82, 2.24) is 20.1 Å². The largest absolute Gasteiger partial charge is 0.507 e. The Morgan fingerprint density at radius 3 is 2.63 bits per heavy atom. The number of aromatic nitrogens is 3. The number of hydrogen-bond acceptors (Lipinski definition) is 6. The number of aliphatic hydroxyl groups is 1. The van der Waals surface area contributed by atoms with E-state index in [4.69, 9.17) is 4.74 Å². The Morgan fingerprint density at radius 1 is 1.16 bits per heavy atom. The second-order valence-corrected chi connectivity index (χ2v) is 9.85. The number of aryl methyl sites for hydroxylation is 1. The van der Waals surface area contributed by atoms with Crippen LogP contribution in [-0.4, -0.2) is 55.6 Å². The first-order chi connectivity index (χ1) is 17.9. The molecule has 0 aliphatic heterocycles. The zero-order chi connectivity index (χ0) is 27.5. The number of carbonyl (C=O) groups excluding carboxylic acids is 1. The van der Waals surface area contributed by atoms with E-state index in [0.29, 0.717) is 23.5 Å². The molecule has 0 radical (unpaired) electrons. The van der Waals surface area contributed by atoms with E-state index in [9.17, 15) is 23.8 Å². The van der Waals surface area contributed by atoms with E-state index in [0.717, 1.165) is 23.4 Å². The number of nitrogens with one attached hydrogen (secondary N) is 1. The number of amides is 1. The quantitative estimate of drug-likeness (QED) is 0.286. The average Bonchev–Trinajstić information content (AvgIpc) is 3.25. The Morgan fingerprint density at radius 2 is 1.92 bits per heavy atom. The molecular weight excluding hydrogens is 494 g/mol. The number of aromatic hydroxyl groups is 1. The number of para-hydroxylation sites is 1. The Kier molecular flexibility index (Phi) is 7.63. The summed E-state index contributed by atoms with van der Waals surface area (Å²) in [4.78, 5) is 16.9. The molecule has 3 N–H and O–H groups in total. The highest BCUT2D eigenvalue weighted by Gasteiger charge is 2.25.